The number of carboxylic acids is 1. The molecule has 1 aliphatic rings. The molecule has 0 spiro atoms. The number of aromatic carboxylic acids is 1. The Balaban J connectivity index is 1.99. The summed E-state index contributed by atoms with van der Waals surface area (Å²) in [6.07, 6.45) is 0.841. The van der Waals surface area contributed by atoms with Crippen molar-refractivity contribution < 1.29 is 19.5 Å². The molecule has 0 radical (unpaired) electrons. The summed E-state index contributed by atoms with van der Waals surface area (Å²) >= 11 is 0. The van der Waals surface area contributed by atoms with Crippen molar-refractivity contribution in [3.05, 3.63) is 29.8 Å². The zero-order valence-corrected chi connectivity index (χ0v) is 9.47. The van der Waals surface area contributed by atoms with Gasteiger partial charge in [0.1, 0.15) is 6.04 Å². The molecule has 1 aromatic carbocycles. The predicted octanol–water partition coefficient (Wildman–Crippen LogP) is 0.602. The number of benzene rings is 1. The molecule has 0 bridgehead atoms. The third-order valence-corrected chi connectivity index (χ3v) is 2.71. The molecule has 3 N–H and O–H groups in total. The van der Waals surface area contributed by atoms with Crippen LogP contribution in [-0.2, 0) is 9.59 Å². The molecule has 0 saturated carbocycles. The summed E-state index contributed by atoms with van der Waals surface area (Å²) in [6.45, 7) is 0. The highest BCUT2D eigenvalue weighted by Crippen LogP contribution is 2.12. The first kappa shape index (κ1) is 12.1. The van der Waals surface area contributed by atoms with Crippen molar-refractivity contribution in [1.29, 1.82) is 0 Å². The fraction of sp³-hybridized carbons (Fsp3) is 0.250. The molecule has 1 heterocycles. The minimum Gasteiger partial charge on any atom is -0.478 e. The fourth-order valence-corrected chi connectivity index (χ4v) is 1.74. The second-order valence-corrected chi connectivity index (χ2v) is 4.03. The topological polar surface area (TPSA) is 95.5 Å². The van der Waals surface area contributed by atoms with Crippen molar-refractivity contribution in [3.63, 3.8) is 0 Å². The van der Waals surface area contributed by atoms with Gasteiger partial charge in [-0.15, -0.1) is 0 Å². The first-order chi connectivity index (χ1) is 8.56. The lowest BCUT2D eigenvalue weighted by atomic mass is 10.2. The number of carbonyl (C=O) groups excluding carboxylic acids is 2. The quantitative estimate of drug-likeness (QED) is 0.730. The molecule has 0 aromatic heterocycles. The summed E-state index contributed by atoms with van der Waals surface area (Å²) in [5.74, 6) is -1.43. The Morgan fingerprint density at radius 3 is 2.44 bits per heavy atom. The van der Waals surface area contributed by atoms with E-state index in [4.69, 9.17) is 5.11 Å². The van der Waals surface area contributed by atoms with Gasteiger partial charge in [0, 0.05) is 12.1 Å². The van der Waals surface area contributed by atoms with E-state index in [0.717, 1.165) is 0 Å². The van der Waals surface area contributed by atoms with E-state index in [1.807, 2.05) is 0 Å². The zero-order chi connectivity index (χ0) is 13.1. The van der Waals surface area contributed by atoms with Crippen molar-refractivity contribution in [2.24, 2.45) is 0 Å². The summed E-state index contributed by atoms with van der Waals surface area (Å²) in [5, 5.41) is 13.9. The van der Waals surface area contributed by atoms with Gasteiger partial charge in [-0.25, -0.2) is 4.79 Å². The van der Waals surface area contributed by atoms with Crippen molar-refractivity contribution in [2.45, 2.75) is 18.9 Å². The van der Waals surface area contributed by atoms with E-state index in [-0.39, 0.29) is 17.4 Å². The van der Waals surface area contributed by atoms with Crippen LogP contribution in [0.15, 0.2) is 24.3 Å². The van der Waals surface area contributed by atoms with E-state index >= 15 is 0 Å². The largest absolute Gasteiger partial charge is 0.478 e. The van der Waals surface area contributed by atoms with Crippen LogP contribution >= 0.6 is 0 Å². The van der Waals surface area contributed by atoms with Crippen LogP contribution in [0.25, 0.3) is 0 Å². The van der Waals surface area contributed by atoms with Crippen LogP contribution in [0.5, 0.6) is 0 Å². The highest BCUT2D eigenvalue weighted by molar-refractivity contribution is 5.99. The lowest BCUT2D eigenvalue weighted by Gasteiger charge is -2.10. The number of anilines is 1. The third kappa shape index (κ3) is 2.65. The van der Waals surface area contributed by atoms with Crippen molar-refractivity contribution in [2.75, 3.05) is 5.32 Å². The van der Waals surface area contributed by atoms with E-state index < -0.39 is 12.0 Å². The Bertz CT molecular complexity index is 495. The predicted molar refractivity (Wildman–Crippen MR) is 63.2 cm³/mol. The van der Waals surface area contributed by atoms with Gasteiger partial charge in [0.05, 0.1) is 5.56 Å². The smallest absolute Gasteiger partial charge is 0.335 e. The Hall–Kier alpha value is -2.37. The maximum atomic E-state index is 11.7. The average molecular weight is 248 g/mol. The maximum absolute atomic E-state index is 11.7. The van der Waals surface area contributed by atoms with Gasteiger partial charge in [-0.3, -0.25) is 9.59 Å². The van der Waals surface area contributed by atoms with E-state index in [1.54, 1.807) is 0 Å². The van der Waals surface area contributed by atoms with Gasteiger partial charge in [0.15, 0.2) is 0 Å². The molecule has 6 heteroatoms. The number of carbonyl (C=O) groups is 3. The summed E-state index contributed by atoms with van der Waals surface area (Å²) in [6, 6.07) is 5.34. The number of hydrogen-bond donors (Lipinski definition) is 3. The molecular weight excluding hydrogens is 236 g/mol. The second-order valence-electron chi connectivity index (χ2n) is 4.03. The van der Waals surface area contributed by atoms with E-state index in [9.17, 15) is 14.4 Å². The third-order valence-electron chi connectivity index (χ3n) is 2.71. The minimum absolute atomic E-state index is 0.128. The number of nitrogens with one attached hydrogen (secondary N) is 2. The van der Waals surface area contributed by atoms with Gasteiger partial charge in [-0.1, -0.05) is 0 Å². The number of hydrogen-bond acceptors (Lipinski definition) is 3. The standard InChI is InChI=1S/C12H12N2O4/c15-10-6-5-9(14-10)11(16)13-8-3-1-7(2-4-8)12(17)18/h1-4,9H,5-6H2,(H,13,16)(H,14,15)(H,17,18)/t9-/m1/s1. The lowest BCUT2D eigenvalue weighted by Crippen LogP contribution is -2.37. The van der Waals surface area contributed by atoms with Crippen molar-refractivity contribution >= 4 is 23.5 Å². The molecule has 1 aliphatic heterocycles. The van der Waals surface area contributed by atoms with Crippen LogP contribution in [-0.4, -0.2) is 28.9 Å². The summed E-state index contributed by atoms with van der Waals surface area (Å²) in [7, 11) is 0. The molecule has 6 nitrogen and oxygen atoms in total. The molecule has 0 aliphatic carbocycles. The van der Waals surface area contributed by atoms with Crippen LogP contribution in [0.2, 0.25) is 0 Å². The fourth-order valence-electron chi connectivity index (χ4n) is 1.74. The van der Waals surface area contributed by atoms with E-state index in [2.05, 4.69) is 10.6 Å². The summed E-state index contributed by atoms with van der Waals surface area (Å²) < 4.78 is 0. The minimum atomic E-state index is -1.02. The number of carboxylic acid groups (broad SMARTS) is 1. The van der Waals surface area contributed by atoms with Gasteiger partial charge in [0.2, 0.25) is 11.8 Å². The molecule has 18 heavy (non-hydrogen) atoms. The van der Waals surface area contributed by atoms with Gasteiger partial charge >= 0.3 is 5.97 Å². The SMILES string of the molecule is O=C1CC[C@H](C(=O)Nc2ccc(C(=O)O)cc2)N1. The Morgan fingerprint density at radius 2 is 1.94 bits per heavy atom. The van der Waals surface area contributed by atoms with E-state index in [1.165, 1.54) is 24.3 Å². The van der Waals surface area contributed by atoms with Gasteiger partial charge in [-0.2, -0.15) is 0 Å². The van der Waals surface area contributed by atoms with E-state index in [0.29, 0.717) is 18.5 Å². The van der Waals surface area contributed by atoms with Gasteiger partial charge in [0.25, 0.3) is 0 Å². The Morgan fingerprint density at radius 1 is 1.28 bits per heavy atom. The molecular formula is C12H12N2O4. The van der Waals surface area contributed by atoms with Crippen LogP contribution < -0.4 is 10.6 Å². The van der Waals surface area contributed by atoms with Crippen LogP contribution in [0, 0.1) is 0 Å². The Labute approximate surface area is 103 Å². The first-order valence-corrected chi connectivity index (χ1v) is 5.50. The molecule has 94 valence electrons. The maximum Gasteiger partial charge on any atom is 0.335 e. The molecule has 1 aromatic rings. The van der Waals surface area contributed by atoms with Crippen molar-refractivity contribution in [3.8, 4) is 0 Å². The molecule has 1 saturated heterocycles. The highest BCUT2D eigenvalue weighted by atomic mass is 16.4. The first-order valence-electron chi connectivity index (χ1n) is 5.50. The molecule has 1 fully saturated rings. The lowest BCUT2D eigenvalue weighted by molar-refractivity contribution is -0.122. The number of rotatable bonds is 3. The molecule has 0 unspecified atom stereocenters. The van der Waals surface area contributed by atoms with Crippen LogP contribution in [0.1, 0.15) is 23.2 Å². The Kier molecular flexibility index (Phi) is 3.27. The molecule has 1 atom stereocenters. The summed E-state index contributed by atoms with van der Waals surface area (Å²) in [4.78, 5) is 33.4. The monoisotopic (exact) mass is 248 g/mol. The van der Waals surface area contributed by atoms with Gasteiger partial charge < -0.3 is 15.7 Å². The highest BCUT2D eigenvalue weighted by Gasteiger charge is 2.27. The average Bonchev–Trinajstić information content (AvgIpc) is 2.76. The van der Waals surface area contributed by atoms with Gasteiger partial charge in [-0.05, 0) is 30.7 Å². The molecule has 2 amide bonds. The molecule has 2 rings (SSSR count). The second kappa shape index (κ2) is 4.87. The number of amides is 2. The normalized spacial score (nSPS) is 18.2. The van der Waals surface area contributed by atoms with Crippen LogP contribution in [0.4, 0.5) is 5.69 Å². The van der Waals surface area contributed by atoms with Crippen molar-refractivity contribution in [1.82, 2.24) is 5.32 Å². The summed E-state index contributed by atoms with van der Waals surface area (Å²) in [5.41, 5.74) is 0.660. The van der Waals surface area contributed by atoms with Crippen LogP contribution in [0.3, 0.4) is 0 Å². The zero-order valence-electron chi connectivity index (χ0n) is 9.47.